The Labute approximate surface area is 159 Å². The number of H-pyrrole nitrogens is 1. The molecule has 138 valence electrons. The molecule has 0 saturated carbocycles. The Morgan fingerprint density at radius 1 is 1.26 bits per heavy atom. The van der Waals surface area contributed by atoms with Crippen molar-refractivity contribution in [3.63, 3.8) is 0 Å². The molecule has 2 aromatic heterocycles. The van der Waals surface area contributed by atoms with Crippen LogP contribution in [0.4, 0.5) is 4.39 Å². The van der Waals surface area contributed by atoms with Gasteiger partial charge in [-0.05, 0) is 30.7 Å². The van der Waals surface area contributed by atoms with E-state index in [1.54, 1.807) is 6.07 Å². The van der Waals surface area contributed by atoms with E-state index in [0.29, 0.717) is 23.0 Å². The molecule has 0 spiro atoms. The van der Waals surface area contributed by atoms with Crippen LogP contribution in [0.3, 0.4) is 0 Å². The van der Waals surface area contributed by atoms with Gasteiger partial charge in [0.2, 0.25) is 5.91 Å². The van der Waals surface area contributed by atoms with Crippen molar-refractivity contribution in [2.75, 3.05) is 12.3 Å². The number of thioether (sulfide) groups is 1. The number of hydrogen-bond acceptors (Lipinski definition) is 4. The summed E-state index contributed by atoms with van der Waals surface area (Å²) in [5.74, 6) is 0.249. The van der Waals surface area contributed by atoms with Gasteiger partial charge in [-0.2, -0.15) is 0 Å². The molecule has 0 unspecified atom stereocenters. The minimum Gasteiger partial charge on any atom is -0.431 e. The van der Waals surface area contributed by atoms with E-state index >= 15 is 0 Å². The fourth-order valence-electron chi connectivity index (χ4n) is 3.06. The molecule has 0 radical (unpaired) electrons. The van der Waals surface area contributed by atoms with Crippen molar-refractivity contribution < 1.29 is 13.6 Å². The predicted octanol–water partition coefficient (Wildman–Crippen LogP) is 4.21. The van der Waals surface area contributed by atoms with E-state index in [-0.39, 0.29) is 18.1 Å². The van der Waals surface area contributed by atoms with Crippen LogP contribution >= 0.6 is 11.8 Å². The molecule has 0 aliphatic carbocycles. The van der Waals surface area contributed by atoms with Gasteiger partial charge in [-0.15, -0.1) is 0 Å². The number of carbonyl (C=O) groups excluding carboxylic acids is 1. The number of para-hydroxylation sites is 3. The molecule has 0 fully saturated rings. The van der Waals surface area contributed by atoms with Crippen molar-refractivity contribution in [2.45, 2.75) is 18.6 Å². The van der Waals surface area contributed by atoms with Crippen LogP contribution in [0.15, 0.2) is 52.1 Å². The molecule has 2 aromatic carbocycles. The van der Waals surface area contributed by atoms with E-state index in [1.165, 1.54) is 17.8 Å². The molecule has 2 heterocycles. The molecule has 1 amide bonds. The van der Waals surface area contributed by atoms with E-state index in [0.717, 1.165) is 27.7 Å². The minimum absolute atomic E-state index is 0.0959. The summed E-state index contributed by atoms with van der Waals surface area (Å²) in [6.45, 7) is 2.35. The fourth-order valence-corrected chi connectivity index (χ4v) is 3.75. The van der Waals surface area contributed by atoms with Gasteiger partial charge in [0.15, 0.2) is 5.58 Å². The average Bonchev–Trinajstić information content (AvgIpc) is 3.21. The predicted molar refractivity (Wildman–Crippen MR) is 104 cm³/mol. The van der Waals surface area contributed by atoms with Crippen LogP contribution in [0, 0.1) is 12.7 Å². The third kappa shape index (κ3) is 3.68. The minimum atomic E-state index is -0.308. The zero-order valence-corrected chi connectivity index (χ0v) is 15.5. The van der Waals surface area contributed by atoms with Crippen molar-refractivity contribution in [1.29, 1.82) is 0 Å². The second-order valence-corrected chi connectivity index (χ2v) is 7.26. The van der Waals surface area contributed by atoms with E-state index in [1.807, 2.05) is 37.3 Å². The van der Waals surface area contributed by atoms with Crippen LogP contribution in [-0.2, 0) is 11.2 Å². The van der Waals surface area contributed by atoms with Crippen molar-refractivity contribution in [1.82, 2.24) is 15.3 Å². The lowest BCUT2D eigenvalue weighted by molar-refractivity contribution is -0.120. The second-order valence-electron chi connectivity index (χ2n) is 6.21. The summed E-state index contributed by atoms with van der Waals surface area (Å²) in [5.41, 5.74) is 3.67. The SMILES string of the molecule is Cc1[nH]c2c(F)cccc2c1CC(=O)NCCSc1nc2ccccc2o1. The summed E-state index contributed by atoms with van der Waals surface area (Å²) in [6.07, 6.45) is 0.211. The van der Waals surface area contributed by atoms with Crippen molar-refractivity contribution in [3.8, 4) is 0 Å². The van der Waals surface area contributed by atoms with E-state index in [4.69, 9.17) is 4.42 Å². The van der Waals surface area contributed by atoms with Crippen LogP contribution in [0.1, 0.15) is 11.3 Å². The largest absolute Gasteiger partial charge is 0.431 e. The Kier molecular flexibility index (Phi) is 4.85. The number of nitrogens with one attached hydrogen (secondary N) is 2. The molecule has 0 bridgehead atoms. The topological polar surface area (TPSA) is 70.9 Å². The molecule has 7 heteroatoms. The molecule has 27 heavy (non-hydrogen) atoms. The molecule has 0 atom stereocenters. The zero-order chi connectivity index (χ0) is 18.8. The van der Waals surface area contributed by atoms with Crippen LogP contribution in [0.25, 0.3) is 22.0 Å². The fraction of sp³-hybridized carbons (Fsp3) is 0.200. The third-order valence-corrected chi connectivity index (χ3v) is 5.20. The van der Waals surface area contributed by atoms with Crippen molar-refractivity contribution in [2.24, 2.45) is 0 Å². The van der Waals surface area contributed by atoms with Gasteiger partial charge in [-0.25, -0.2) is 9.37 Å². The van der Waals surface area contributed by atoms with Gasteiger partial charge in [0.05, 0.1) is 11.9 Å². The molecule has 4 rings (SSSR count). The summed E-state index contributed by atoms with van der Waals surface area (Å²) < 4.78 is 19.5. The van der Waals surface area contributed by atoms with Gasteiger partial charge in [0.25, 0.3) is 5.22 Å². The highest BCUT2D eigenvalue weighted by Crippen LogP contribution is 2.25. The first-order valence-electron chi connectivity index (χ1n) is 8.62. The molecule has 0 aliphatic heterocycles. The van der Waals surface area contributed by atoms with Gasteiger partial charge < -0.3 is 14.7 Å². The van der Waals surface area contributed by atoms with Crippen LogP contribution < -0.4 is 5.32 Å². The number of aryl methyl sites for hydroxylation is 1. The third-order valence-electron chi connectivity index (χ3n) is 4.37. The number of oxazole rings is 1. The van der Waals surface area contributed by atoms with Gasteiger partial charge >= 0.3 is 0 Å². The maximum absolute atomic E-state index is 13.9. The lowest BCUT2D eigenvalue weighted by Gasteiger charge is -2.05. The molecule has 0 saturated heterocycles. The summed E-state index contributed by atoms with van der Waals surface area (Å²) in [7, 11) is 0. The highest BCUT2D eigenvalue weighted by molar-refractivity contribution is 7.99. The molecule has 0 aliphatic rings. The van der Waals surface area contributed by atoms with Crippen LogP contribution in [0.2, 0.25) is 0 Å². The smallest absolute Gasteiger partial charge is 0.256 e. The Balaban J connectivity index is 1.32. The summed E-state index contributed by atoms with van der Waals surface area (Å²) in [5, 5.41) is 4.24. The Morgan fingerprint density at radius 2 is 2.11 bits per heavy atom. The highest BCUT2D eigenvalue weighted by atomic mass is 32.2. The van der Waals surface area contributed by atoms with E-state index in [9.17, 15) is 9.18 Å². The summed E-state index contributed by atoms with van der Waals surface area (Å²) in [6, 6.07) is 12.5. The Bertz CT molecular complexity index is 1090. The first-order valence-corrected chi connectivity index (χ1v) is 9.61. The number of aromatic amines is 1. The lowest BCUT2D eigenvalue weighted by Crippen LogP contribution is -2.27. The second kappa shape index (κ2) is 7.44. The molecule has 2 N–H and O–H groups in total. The highest BCUT2D eigenvalue weighted by Gasteiger charge is 2.14. The number of hydrogen-bond donors (Lipinski definition) is 2. The van der Waals surface area contributed by atoms with Gasteiger partial charge in [-0.1, -0.05) is 36.0 Å². The number of rotatable bonds is 6. The van der Waals surface area contributed by atoms with Crippen molar-refractivity contribution in [3.05, 3.63) is 59.5 Å². The Morgan fingerprint density at radius 3 is 2.96 bits per heavy atom. The maximum atomic E-state index is 13.9. The van der Waals surface area contributed by atoms with Crippen LogP contribution in [0.5, 0.6) is 0 Å². The molecular formula is C20H18FN3O2S. The van der Waals surface area contributed by atoms with Gasteiger partial charge in [0.1, 0.15) is 11.3 Å². The molecule has 5 nitrogen and oxygen atoms in total. The molecular weight excluding hydrogens is 365 g/mol. The average molecular weight is 383 g/mol. The van der Waals surface area contributed by atoms with Crippen molar-refractivity contribution >= 4 is 39.7 Å². The zero-order valence-electron chi connectivity index (χ0n) is 14.7. The normalized spacial score (nSPS) is 11.3. The number of halogens is 1. The lowest BCUT2D eigenvalue weighted by atomic mass is 10.1. The quantitative estimate of drug-likeness (QED) is 0.387. The maximum Gasteiger partial charge on any atom is 0.256 e. The number of aromatic nitrogens is 2. The van der Waals surface area contributed by atoms with Gasteiger partial charge in [-0.3, -0.25) is 4.79 Å². The number of nitrogens with zero attached hydrogens (tertiary/aromatic N) is 1. The number of fused-ring (bicyclic) bond motifs is 2. The Hall–Kier alpha value is -2.80. The standard InChI is InChI=1S/C20H18FN3O2S/c1-12-14(13-5-4-6-15(21)19(13)23-12)11-18(25)22-9-10-27-20-24-16-7-2-3-8-17(16)26-20/h2-8,23H,9-11H2,1H3,(H,22,25). The monoisotopic (exact) mass is 383 g/mol. The first kappa shape index (κ1) is 17.6. The van der Waals surface area contributed by atoms with Gasteiger partial charge in [0, 0.05) is 23.4 Å². The molecule has 4 aromatic rings. The number of carbonyl (C=O) groups is 1. The number of amides is 1. The van der Waals surface area contributed by atoms with E-state index < -0.39 is 0 Å². The number of benzene rings is 2. The summed E-state index contributed by atoms with van der Waals surface area (Å²) >= 11 is 1.46. The first-order chi connectivity index (χ1) is 13.1. The van der Waals surface area contributed by atoms with E-state index in [2.05, 4.69) is 15.3 Å². The summed E-state index contributed by atoms with van der Waals surface area (Å²) in [4.78, 5) is 19.7. The van der Waals surface area contributed by atoms with Crippen LogP contribution in [-0.4, -0.2) is 28.2 Å².